The number of carbonyl (C=O) groups is 1. The van der Waals surface area contributed by atoms with E-state index in [4.69, 9.17) is 4.74 Å². The van der Waals surface area contributed by atoms with Crippen molar-refractivity contribution in [3.05, 3.63) is 47.8 Å². The molecule has 1 aromatic carbocycles. The summed E-state index contributed by atoms with van der Waals surface area (Å²) in [4.78, 5) is 20.8. The third-order valence-electron chi connectivity index (χ3n) is 4.19. The number of methoxy groups -OCH3 is 1. The summed E-state index contributed by atoms with van der Waals surface area (Å²) in [6.45, 7) is 0.443. The second-order valence-electron chi connectivity index (χ2n) is 5.92. The summed E-state index contributed by atoms with van der Waals surface area (Å²) >= 11 is 0. The zero-order valence-corrected chi connectivity index (χ0v) is 13.8. The fourth-order valence-corrected chi connectivity index (χ4v) is 2.82. The van der Waals surface area contributed by atoms with Crippen LogP contribution in [0, 0.1) is 0 Å². The van der Waals surface area contributed by atoms with Gasteiger partial charge in [0.25, 0.3) is 5.91 Å². The fraction of sp³-hybridized carbons (Fsp3) is 0.389. The van der Waals surface area contributed by atoms with Crippen molar-refractivity contribution in [2.45, 2.75) is 38.3 Å². The Hall–Kier alpha value is -2.63. The first-order valence-corrected chi connectivity index (χ1v) is 8.25. The van der Waals surface area contributed by atoms with E-state index in [-0.39, 0.29) is 5.91 Å². The summed E-state index contributed by atoms with van der Waals surface area (Å²) < 4.78 is 5.12. The van der Waals surface area contributed by atoms with Crippen LogP contribution in [0.25, 0.3) is 0 Å². The number of hydrogen-bond acceptors (Lipinski definition) is 5. The highest BCUT2D eigenvalue weighted by Crippen LogP contribution is 2.20. The van der Waals surface area contributed by atoms with Crippen LogP contribution in [0.15, 0.2) is 36.5 Å². The molecule has 0 radical (unpaired) electrons. The third-order valence-corrected chi connectivity index (χ3v) is 4.19. The molecule has 24 heavy (non-hydrogen) atoms. The molecule has 0 saturated heterocycles. The van der Waals surface area contributed by atoms with E-state index in [2.05, 4.69) is 20.6 Å². The summed E-state index contributed by atoms with van der Waals surface area (Å²) in [5.74, 6) is 1.12. The molecule has 6 heteroatoms. The minimum Gasteiger partial charge on any atom is -0.497 e. The first kappa shape index (κ1) is 16.2. The normalized spacial score (nSPS) is 14.4. The Kier molecular flexibility index (Phi) is 5.25. The van der Waals surface area contributed by atoms with Crippen molar-refractivity contribution < 1.29 is 9.53 Å². The minimum atomic E-state index is -0.206. The topological polar surface area (TPSA) is 76.1 Å². The van der Waals surface area contributed by atoms with E-state index >= 15 is 0 Å². The van der Waals surface area contributed by atoms with Gasteiger partial charge in [-0.3, -0.25) is 4.79 Å². The van der Waals surface area contributed by atoms with Gasteiger partial charge in [-0.2, -0.15) is 0 Å². The molecule has 1 aromatic heterocycles. The number of hydrogen-bond donors (Lipinski definition) is 2. The van der Waals surface area contributed by atoms with Gasteiger partial charge in [0.05, 0.1) is 7.11 Å². The lowest BCUT2D eigenvalue weighted by molar-refractivity contribution is 0.0946. The van der Waals surface area contributed by atoms with Gasteiger partial charge in [-0.25, -0.2) is 9.97 Å². The second-order valence-corrected chi connectivity index (χ2v) is 5.92. The molecule has 2 N–H and O–H groups in total. The molecule has 0 unspecified atom stereocenters. The van der Waals surface area contributed by atoms with Crippen LogP contribution in [0.2, 0.25) is 0 Å². The number of ether oxygens (including phenoxy) is 1. The van der Waals surface area contributed by atoms with Crippen LogP contribution in [0.3, 0.4) is 0 Å². The number of carbonyl (C=O) groups excluding carboxylic acids is 1. The van der Waals surface area contributed by atoms with Gasteiger partial charge in [-0.1, -0.05) is 25.0 Å². The van der Waals surface area contributed by atoms with Gasteiger partial charge in [0.2, 0.25) is 5.95 Å². The minimum absolute atomic E-state index is 0.206. The lowest BCUT2D eigenvalue weighted by Gasteiger charge is -2.12. The van der Waals surface area contributed by atoms with Crippen molar-refractivity contribution in [3.8, 4) is 5.75 Å². The lowest BCUT2D eigenvalue weighted by atomic mass is 10.2. The monoisotopic (exact) mass is 326 g/mol. The number of nitrogens with one attached hydrogen (secondary N) is 2. The van der Waals surface area contributed by atoms with Gasteiger partial charge in [-0.05, 0) is 36.6 Å². The quantitative estimate of drug-likeness (QED) is 0.853. The molecule has 0 atom stereocenters. The van der Waals surface area contributed by atoms with Crippen molar-refractivity contribution in [2.75, 3.05) is 12.4 Å². The van der Waals surface area contributed by atoms with Gasteiger partial charge < -0.3 is 15.4 Å². The summed E-state index contributed by atoms with van der Waals surface area (Å²) in [7, 11) is 1.63. The van der Waals surface area contributed by atoms with Crippen LogP contribution in [0.4, 0.5) is 5.95 Å². The molecule has 1 aliphatic carbocycles. The Morgan fingerprint density at radius 2 is 1.96 bits per heavy atom. The molecule has 1 aliphatic rings. The molecule has 1 heterocycles. The van der Waals surface area contributed by atoms with Crippen molar-refractivity contribution >= 4 is 11.9 Å². The van der Waals surface area contributed by atoms with Crippen molar-refractivity contribution in [1.29, 1.82) is 0 Å². The largest absolute Gasteiger partial charge is 0.497 e. The molecule has 0 aliphatic heterocycles. The van der Waals surface area contributed by atoms with Gasteiger partial charge in [0.15, 0.2) is 0 Å². The predicted molar refractivity (Wildman–Crippen MR) is 92.1 cm³/mol. The van der Waals surface area contributed by atoms with Gasteiger partial charge in [0.1, 0.15) is 11.4 Å². The van der Waals surface area contributed by atoms with E-state index in [1.54, 1.807) is 19.4 Å². The van der Waals surface area contributed by atoms with E-state index in [0.29, 0.717) is 24.2 Å². The SMILES string of the molecule is COc1ccc(CNC(=O)c2ccnc(NC3CCCC3)n2)cc1. The van der Waals surface area contributed by atoms with Gasteiger partial charge in [0, 0.05) is 18.8 Å². The van der Waals surface area contributed by atoms with E-state index in [1.165, 1.54) is 12.8 Å². The molecular weight excluding hydrogens is 304 g/mol. The summed E-state index contributed by atoms with van der Waals surface area (Å²) in [6, 6.07) is 9.63. The maximum atomic E-state index is 12.3. The predicted octanol–water partition coefficient (Wildman–Crippen LogP) is 2.77. The average Bonchev–Trinajstić information content (AvgIpc) is 3.13. The Morgan fingerprint density at radius 3 is 2.67 bits per heavy atom. The number of nitrogens with zero attached hydrogens (tertiary/aromatic N) is 2. The van der Waals surface area contributed by atoms with Crippen molar-refractivity contribution in [3.63, 3.8) is 0 Å². The van der Waals surface area contributed by atoms with Gasteiger partial charge >= 0.3 is 0 Å². The number of amides is 1. The Morgan fingerprint density at radius 1 is 1.21 bits per heavy atom. The third kappa shape index (κ3) is 4.22. The Labute approximate surface area is 141 Å². The van der Waals surface area contributed by atoms with Crippen molar-refractivity contribution in [1.82, 2.24) is 15.3 Å². The maximum Gasteiger partial charge on any atom is 0.270 e. The highest BCUT2D eigenvalue weighted by Gasteiger charge is 2.16. The first-order chi connectivity index (χ1) is 11.7. The number of benzene rings is 1. The molecule has 2 aromatic rings. The summed E-state index contributed by atoms with van der Waals surface area (Å²) in [5, 5.41) is 6.18. The van der Waals surface area contributed by atoms with Crippen LogP contribution in [-0.2, 0) is 6.54 Å². The Balaban J connectivity index is 1.57. The number of aromatic nitrogens is 2. The number of anilines is 1. The van der Waals surface area contributed by atoms with Gasteiger partial charge in [-0.15, -0.1) is 0 Å². The summed E-state index contributed by atoms with van der Waals surface area (Å²) in [5.41, 5.74) is 1.38. The van der Waals surface area contributed by atoms with Crippen LogP contribution in [0.5, 0.6) is 5.75 Å². The highest BCUT2D eigenvalue weighted by atomic mass is 16.5. The fourth-order valence-electron chi connectivity index (χ4n) is 2.82. The Bertz CT molecular complexity index is 682. The molecule has 3 rings (SSSR count). The zero-order valence-electron chi connectivity index (χ0n) is 13.8. The summed E-state index contributed by atoms with van der Waals surface area (Å²) in [6.07, 6.45) is 6.36. The van der Waals surface area contributed by atoms with E-state index < -0.39 is 0 Å². The standard InChI is InChI=1S/C18H22N4O2/c1-24-15-8-6-13(7-9-15)12-20-17(23)16-10-11-19-18(22-16)21-14-4-2-3-5-14/h6-11,14H,2-5,12H2,1H3,(H,20,23)(H,19,21,22). The van der Waals surface area contributed by atoms with Crippen LogP contribution in [-0.4, -0.2) is 29.0 Å². The van der Waals surface area contributed by atoms with E-state index in [9.17, 15) is 4.79 Å². The van der Waals surface area contributed by atoms with E-state index in [0.717, 1.165) is 24.2 Å². The van der Waals surface area contributed by atoms with Crippen molar-refractivity contribution in [2.24, 2.45) is 0 Å². The molecule has 6 nitrogen and oxygen atoms in total. The second kappa shape index (κ2) is 7.77. The molecule has 1 amide bonds. The first-order valence-electron chi connectivity index (χ1n) is 8.25. The maximum absolute atomic E-state index is 12.3. The van der Waals surface area contributed by atoms with Crippen LogP contribution >= 0.6 is 0 Å². The zero-order chi connectivity index (χ0) is 16.8. The number of rotatable bonds is 6. The molecule has 126 valence electrons. The van der Waals surface area contributed by atoms with Crippen LogP contribution in [0.1, 0.15) is 41.7 Å². The van der Waals surface area contributed by atoms with E-state index in [1.807, 2.05) is 24.3 Å². The molecule has 1 saturated carbocycles. The molecule has 1 fully saturated rings. The average molecular weight is 326 g/mol. The smallest absolute Gasteiger partial charge is 0.270 e. The molecular formula is C18H22N4O2. The molecule has 0 spiro atoms. The van der Waals surface area contributed by atoms with Crippen LogP contribution < -0.4 is 15.4 Å². The molecule has 0 bridgehead atoms. The highest BCUT2D eigenvalue weighted by molar-refractivity contribution is 5.92. The lowest BCUT2D eigenvalue weighted by Crippen LogP contribution is -2.25.